The molecule has 0 spiro atoms. The third-order valence-electron chi connectivity index (χ3n) is 16.2. The fraction of sp³-hybridized carbons (Fsp3) is 0.597. The molecule has 8 unspecified atom stereocenters. The van der Waals surface area contributed by atoms with E-state index in [1.807, 2.05) is 107 Å². The van der Waals surface area contributed by atoms with Gasteiger partial charge in [-0.15, -0.1) is 0 Å². The number of unbranched alkanes of at least 4 members (excludes halogenated alkanes) is 2. The van der Waals surface area contributed by atoms with Gasteiger partial charge in [-0.05, 0) is 80.6 Å². The predicted octanol–water partition coefficient (Wildman–Crippen LogP) is 5.37. The van der Waals surface area contributed by atoms with Gasteiger partial charge < -0.3 is 39.6 Å². The largest absolute Gasteiger partial charge is 0.459 e. The minimum Gasteiger partial charge on any atom is -0.459 e. The first-order chi connectivity index (χ1) is 39.6. The summed E-state index contributed by atoms with van der Waals surface area (Å²) in [5.41, 5.74) is 7.41. The van der Waals surface area contributed by atoms with E-state index < -0.39 is 66.1 Å². The van der Waals surface area contributed by atoms with Gasteiger partial charge in [-0.25, -0.2) is 4.79 Å². The maximum absolute atomic E-state index is 14.8. The van der Waals surface area contributed by atoms with Crippen molar-refractivity contribution in [1.29, 1.82) is 0 Å². The summed E-state index contributed by atoms with van der Waals surface area (Å²) in [7, 11) is 6.51. The van der Waals surface area contributed by atoms with Crippen LogP contribution in [0.3, 0.4) is 0 Å². The monoisotopic (exact) mass is 1150 g/mol. The Bertz CT molecular complexity index is 2680. The summed E-state index contributed by atoms with van der Waals surface area (Å²) in [5, 5.41) is 6.96. The van der Waals surface area contributed by atoms with Crippen LogP contribution in [0.5, 0.6) is 0 Å². The minimum atomic E-state index is -1.03. The molecule has 0 bridgehead atoms. The SMILES string of the molecule is CCC(C)C(C(CC(=O)N1CCC[C@H]1C(OC)C(C)C(=O)NC(Cc1c[nH]c2ccccc12)C(=O)OCc1ccccc1)OC)N(C)C(=O)C(NC(=O)C(C(C)C)N(C)CCCC(=O)NNC(=O)CCCCCN1C(=O)C=CC1=O)C(C)C. The third-order valence-corrected chi connectivity index (χ3v) is 16.2. The Morgan fingerprint density at radius 1 is 0.771 bits per heavy atom. The van der Waals surface area contributed by atoms with Crippen LogP contribution in [0.15, 0.2) is 72.9 Å². The zero-order valence-corrected chi connectivity index (χ0v) is 50.6. The Morgan fingerprint density at radius 2 is 1.42 bits per heavy atom. The summed E-state index contributed by atoms with van der Waals surface area (Å²) in [6.45, 7) is 14.4. The fourth-order valence-electron chi connectivity index (χ4n) is 11.4. The highest BCUT2D eigenvalue weighted by Crippen LogP contribution is 2.30. The molecular formula is C62H91N9O12. The highest BCUT2D eigenvalue weighted by atomic mass is 16.5. The fourth-order valence-corrected chi connectivity index (χ4v) is 11.4. The Balaban J connectivity index is 1.17. The average molecular weight is 1150 g/mol. The van der Waals surface area contributed by atoms with Crippen molar-refractivity contribution in [3.05, 3.63) is 84.1 Å². The van der Waals surface area contributed by atoms with Crippen molar-refractivity contribution >= 4 is 64.1 Å². The molecule has 456 valence electrons. The normalized spacial score (nSPS) is 17.3. The average Bonchev–Trinajstić information content (AvgIpc) is 4.21. The van der Waals surface area contributed by atoms with Crippen LogP contribution < -0.4 is 21.5 Å². The van der Waals surface area contributed by atoms with Crippen LogP contribution >= 0.6 is 0 Å². The summed E-state index contributed by atoms with van der Waals surface area (Å²) in [6, 6.07) is 13.4. The Morgan fingerprint density at radius 3 is 2.05 bits per heavy atom. The lowest BCUT2D eigenvalue weighted by atomic mass is 9.89. The number of aromatic nitrogens is 1. The van der Waals surface area contributed by atoms with Crippen LogP contribution in [-0.2, 0) is 70.4 Å². The summed E-state index contributed by atoms with van der Waals surface area (Å²) in [4.78, 5) is 130. The van der Waals surface area contributed by atoms with Gasteiger partial charge in [0.25, 0.3) is 11.8 Å². The number of fused-ring (bicyclic) bond motifs is 1. The van der Waals surface area contributed by atoms with Gasteiger partial charge in [-0.1, -0.05) is 110 Å². The maximum atomic E-state index is 14.8. The second kappa shape index (κ2) is 32.8. The number of hydrazine groups is 1. The number of hydrogen-bond donors (Lipinski definition) is 5. The van der Waals surface area contributed by atoms with Gasteiger partial charge >= 0.3 is 5.97 Å². The molecule has 5 N–H and O–H groups in total. The molecule has 21 heteroatoms. The molecule has 83 heavy (non-hydrogen) atoms. The second-order valence-electron chi connectivity index (χ2n) is 22.9. The molecule has 1 saturated heterocycles. The number of nitrogens with one attached hydrogen (secondary N) is 5. The van der Waals surface area contributed by atoms with Crippen molar-refractivity contribution in [3.8, 4) is 0 Å². The zero-order chi connectivity index (χ0) is 60.9. The minimum absolute atomic E-state index is 0.0326. The van der Waals surface area contributed by atoms with Gasteiger partial charge in [0.2, 0.25) is 35.4 Å². The lowest BCUT2D eigenvalue weighted by Gasteiger charge is -2.41. The van der Waals surface area contributed by atoms with E-state index in [0.717, 1.165) is 26.9 Å². The van der Waals surface area contributed by atoms with E-state index in [2.05, 4.69) is 26.5 Å². The number of carbonyl (C=O) groups excluding carboxylic acids is 9. The van der Waals surface area contributed by atoms with Crippen molar-refractivity contribution in [3.63, 3.8) is 0 Å². The number of likely N-dealkylation sites (N-methyl/N-ethyl adjacent to an activating group) is 2. The number of aromatic amines is 1. The number of para-hydroxylation sites is 1. The van der Waals surface area contributed by atoms with E-state index >= 15 is 0 Å². The first kappa shape index (κ1) is 66.8. The number of amides is 8. The number of esters is 1. The Labute approximate surface area is 489 Å². The summed E-state index contributed by atoms with van der Waals surface area (Å²) >= 11 is 0. The molecule has 2 aromatic carbocycles. The van der Waals surface area contributed by atoms with Crippen LogP contribution in [-0.4, -0.2) is 168 Å². The molecule has 1 aromatic heterocycles. The smallest absolute Gasteiger partial charge is 0.329 e. The summed E-state index contributed by atoms with van der Waals surface area (Å²) in [6.07, 6.45) is 7.09. The van der Waals surface area contributed by atoms with E-state index in [0.29, 0.717) is 58.0 Å². The molecule has 21 nitrogen and oxygen atoms in total. The number of methoxy groups -OCH3 is 2. The van der Waals surface area contributed by atoms with Crippen molar-refractivity contribution in [2.24, 2.45) is 23.7 Å². The lowest BCUT2D eigenvalue weighted by molar-refractivity contribution is -0.151. The van der Waals surface area contributed by atoms with Crippen LogP contribution in [0, 0.1) is 23.7 Å². The van der Waals surface area contributed by atoms with Gasteiger partial charge in [0, 0.05) is 82.9 Å². The molecule has 2 aliphatic heterocycles. The standard InChI is InChI=1S/C62H91N9O12/c1-12-41(6)57(69(9)61(79)55(39(2)3)65-60(78)56(40(4)5)68(8)32-22-29-51(73)67-66-50(72)28-17-14-20-33-71-52(74)30-31-53(71)75)49(81-10)36-54(76)70-34-21-27-48(70)58(82-11)42(7)59(77)64-47(62(80)83-38-43-23-15-13-16-24-43)35-44-37-63-46-26-19-18-25-45(44)46/h13,15-16,18-19,23-26,30-31,37,39-42,47-49,55-58,63H,12,14,17,20-22,27-29,32-36,38H2,1-11H3,(H,64,77)(H,65,78)(H,66,72)(H,67,73)/t41?,42?,47?,48-,49?,55?,56?,57?,58?/m0/s1. The van der Waals surface area contributed by atoms with Crippen LogP contribution in [0.4, 0.5) is 0 Å². The molecule has 0 saturated carbocycles. The first-order valence-corrected chi connectivity index (χ1v) is 29.4. The number of nitrogens with zero attached hydrogens (tertiary/aromatic N) is 4. The third kappa shape index (κ3) is 18.8. The molecule has 9 atom stereocenters. The van der Waals surface area contributed by atoms with Crippen LogP contribution in [0.25, 0.3) is 10.9 Å². The number of imide groups is 1. The highest BCUT2D eigenvalue weighted by Gasteiger charge is 2.44. The molecule has 1 fully saturated rings. The molecular weight excluding hydrogens is 1060 g/mol. The van der Waals surface area contributed by atoms with Gasteiger partial charge in [-0.3, -0.25) is 59.0 Å². The number of carbonyl (C=O) groups is 9. The topological polar surface area (TPSA) is 258 Å². The molecule has 0 aliphatic carbocycles. The number of rotatable bonds is 33. The van der Waals surface area contributed by atoms with Gasteiger partial charge in [0.1, 0.15) is 18.7 Å². The van der Waals surface area contributed by atoms with Gasteiger partial charge in [0.05, 0.1) is 42.7 Å². The molecule has 0 radical (unpaired) electrons. The van der Waals surface area contributed by atoms with Crippen molar-refractivity contribution < 1.29 is 57.4 Å². The van der Waals surface area contributed by atoms with E-state index in [1.165, 1.54) is 26.4 Å². The van der Waals surface area contributed by atoms with Crippen molar-refractivity contribution in [2.75, 3.05) is 47.9 Å². The molecule has 5 rings (SSSR count). The lowest BCUT2D eigenvalue weighted by Crippen LogP contribution is -2.60. The number of H-pyrrole nitrogens is 1. The summed E-state index contributed by atoms with van der Waals surface area (Å²) < 4.78 is 18.0. The molecule has 3 aromatic rings. The predicted molar refractivity (Wildman–Crippen MR) is 314 cm³/mol. The highest BCUT2D eigenvalue weighted by molar-refractivity contribution is 6.12. The van der Waals surface area contributed by atoms with E-state index in [-0.39, 0.29) is 92.0 Å². The van der Waals surface area contributed by atoms with Crippen molar-refractivity contribution in [1.82, 2.24) is 46.1 Å². The van der Waals surface area contributed by atoms with E-state index in [1.54, 1.807) is 30.8 Å². The van der Waals surface area contributed by atoms with Crippen LogP contribution in [0.2, 0.25) is 0 Å². The molecule has 2 aliphatic rings. The number of ether oxygens (including phenoxy) is 3. The van der Waals surface area contributed by atoms with Gasteiger partial charge in [0.15, 0.2) is 0 Å². The quantitative estimate of drug-likeness (QED) is 0.0223. The Kier molecular flexibility index (Phi) is 26.4. The Hall–Kier alpha value is -6.97. The molecule has 8 amide bonds. The molecule has 3 heterocycles. The second-order valence-corrected chi connectivity index (χ2v) is 22.9. The van der Waals surface area contributed by atoms with Gasteiger partial charge in [-0.2, -0.15) is 0 Å². The summed E-state index contributed by atoms with van der Waals surface area (Å²) in [5.74, 6) is -4.80. The first-order valence-electron chi connectivity index (χ1n) is 29.4. The number of hydrogen-bond acceptors (Lipinski definition) is 13. The van der Waals surface area contributed by atoms with E-state index in [9.17, 15) is 43.2 Å². The maximum Gasteiger partial charge on any atom is 0.329 e. The number of likely N-dealkylation sites (tertiary alicyclic amines) is 1. The van der Waals surface area contributed by atoms with Crippen LogP contribution in [0.1, 0.15) is 124 Å². The van der Waals surface area contributed by atoms with Crippen molar-refractivity contribution in [2.45, 2.75) is 168 Å². The zero-order valence-electron chi connectivity index (χ0n) is 50.6. The van der Waals surface area contributed by atoms with E-state index in [4.69, 9.17) is 14.2 Å². The number of benzene rings is 2.